The van der Waals surface area contributed by atoms with Gasteiger partial charge in [0.25, 0.3) is 0 Å². The fraction of sp³-hybridized carbons (Fsp3) is 0.250. The van der Waals surface area contributed by atoms with E-state index in [1.165, 1.54) is 12.1 Å². The van der Waals surface area contributed by atoms with E-state index >= 15 is 0 Å². The van der Waals surface area contributed by atoms with Gasteiger partial charge in [-0.3, -0.25) is 4.79 Å². The van der Waals surface area contributed by atoms with E-state index < -0.39 is 23.5 Å². The molecule has 0 radical (unpaired) electrons. The molecule has 2 rings (SSSR count). The maximum atomic E-state index is 13.5. The summed E-state index contributed by atoms with van der Waals surface area (Å²) in [6.07, 6.45) is 0.0262. The molecule has 0 spiro atoms. The number of carbonyl (C=O) groups is 2. The van der Waals surface area contributed by atoms with E-state index in [-0.39, 0.29) is 30.7 Å². The number of benzene rings is 1. The molecule has 0 saturated carbocycles. The predicted octanol–water partition coefficient (Wildman–Crippen LogP) is 1.53. The van der Waals surface area contributed by atoms with Crippen LogP contribution >= 0.6 is 0 Å². The Kier molecular flexibility index (Phi) is 3.55. The molecule has 1 aromatic rings. The molecule has 1 heterocycles. The van der Waals surface area contributed by atoms with Gasteiger partial charge in [-0.25, -0.2) is 18.6 Å². The van der Waals surface area contributed by atoms with E-state index in [9.17, 15) is 18.4 Å². The lowest BCUT2D eigenvalue weighted by molar-refractivity contribution is -0.133. The zero-order valence-corrected chi connectivity index (χ0v) is 9.77. The number of halogens is 2. The number of nitrogens with zero attached hydrogens (tertiary/aromatic N) is 2. The van der Waals surface area contributed by atoms with E-state index in [2.05, 4.69) is 5.10 Å². The smallest absolute Gasteiger partial charge is 0.352 e. The van der Waals surface area contributed by atoms with Gasteiger partial charge < -0.3 is 5.11 Å². The second-order valence-corrected chi connectivity index (χ2v) is 4.02. The fourth-order valence-corrected chi connectivity index (χ4v) is 1.71. The minimum atomic E-state index is -1.22. The molecule has 0 saturated heterocycles. The van der Waals surface area contributed by atoms with Gasteiger partial charge in [0.2, 0.25) is 5.91 Å². The fourth-order valence-electron chi connectivity index (χ4n) is 1.71. The number of rotatable bonds is 3. The Bertz CT molecular complexity index is 572. The van der Waals surface area contributed by atoms with Gasteiger partial charge >= 0.3 is 5.97 Å². The summed E-state index contributed by atoms with van der Waals surface area (Å²) in [6, 6.07) is 3.59. The molecule has 0 atom stereocenters. The number of carboxylic acid groups (broad SMARTS) is 1. The Morgan fingerprint density at radius 3 is 2.79 bits per heavy atom. The van der Waals surface area contributed by atoms with Gasteiger partial charge in [0.05, 0.1) is 6.54 Å². The van der Waals surface area contributed by atoms with Crippen LogP contribution < -0.4 is 0 Å². The lowest BCUT2D eigenvalue weighted by Crippen LogP contribution is -2.34. The van der Waals surface area contributed by atoms with Crippen LogP contribution in [0.3, 0.4) is 0 Å². The molecule has 7 heteroatoms. The number of aliphatic carboxylic acids is 1. The third kappa shape index (κ3) is 2.75. The molecule has 1 N–H and O–H groups in total. The van der Waals surface area contributed by atoms with Gasteiger partial charge in [-0.1, -0.05) is 12.1 Å². The maximum Gasteiger partial charge on any atom is 0.352 e. The Labute approximate surface area is 107 Å². The zero-order valence-electron chi connectivity index (χ0n) is 9.77. The average Bonchev–Trinajstić information content (AvgIpc) is 2.37. The molecule has 1 amide bonds. The number of hydrogen-bond acceptors (Lipinski definition) is 3. The van der Waals surface area contributed by atoms with E-state index in [1.54, 1.807) is 0 Å². The Morgan fingerprint density at radius 1 is 1.37 bits per heavy atom. The van der Waals surface area contributed by atoms with Gasteiger partial charge in [0.1, 0.15) is 5.71 Å². The minimum Gasteiger partial charge on any atom is -0.477 e. The molecule has 19 heavy (non-hydrogen) atoms. The number of amides is 1. The highest BCUT2D eigenvalue weighted by Gasteiger charge is 2.25. The van der Waals surface area contributed by atoms with Crippen molar-refractivity contribution in [1.82, 2.24) is 5.01 Å². The Hall–Kier alpha value is -2.31. The highest BCUT2D eigenvalue weighted by molar-refractivity contribution is 6.36. The van der Waals surface area contributed by atoms with Crippen LogP contribution in [0.4, 0.5) is 8.78 Å². The summed E-state index contributed by atoms with van der Waals surface area (Å²) in [5, 5.41) is 13.3. The monoisotopic (exact) mass is 268 g/mol. The summed E-state index contributed by atoms with van der Waals surface area (Å²) in [5.74, 6) is -3.73. The summed E-state index contributed by atoms with van der Waals surface area (Å²) in [6.45, 7) is -0.292. The number of hydrogen-bond donors (Lipinski definition) is 1. The van der Waals surface area contributed by atoms with Crippen LogP contribution in [0.25, 0.3) is 0 Å². The van der Waals surface area contributed by atoms with Crippen molar-refractivity contribution < 1.29 is 23.5 Å². The standard InChI is InChI=1S/C12H10F2N2O3/c13-8-3-1-2-7(11(8)14)6-16-10(17)5-4-9(15-16)12(18)19/h1-3H,4-6H2,(H,18,19). The van der Waals surface area contributed by atoms with E-state index in [0.717, 1.165) is 11.1 Å². The van der Waals surface area contributed by atoms with Crippen LogP contribution in [0.1, 0.15) is 18.4 Å². The normalized spacial score (nSPS) is 15.4. The third-order valence-corrected chi connectivity index (χ3v) is 2.70. The van der Waals surface area contributed by atoms with E-state index in [4.69, 9.17) is 5.11 Å². The first-order valence-electron chi connectivity index (χ1n) is 5.53. The van der Waals surface area contributed by atoms with Crippen LogP contribution in [0, 0.1) is 11.6 Å². The lowest BCUT2D eigenvalue weighted by atomic mass is 10.1. The number of carboxylic acids is 1. The Morgan fingerprint density at radius 2 is 2.11 bits per heavy atom. The van der Waals surface area contributed by atoms with Gasteiger partial charge in [-0.15, -0.1) is 0 Å². The quantitative estimate of drug-likeness (QED) is 0.903. The maximum absolute atomic E-state index is 13.5. The van der Waals surface area contributed by atoms with Crippen molar-refractivity contribution in [2.45, 2.75) is 19.4 Å². The molecule has 1 aromatic carbocycles. The third-order valence-electron chi connectivity index (χ3n) is 2.70. The molecule has 0 aromatic heterocycles. The van der Waals surface area contributed by atoms with Crippen LogP contribution in [-0.2, 0) is 16.1 Å². The lowest BCUT2D eigenvalue weighted by Gasteiger charge is -2.22. The molecular formula is C12H10F2N2O3. The van der Waals surface area contributed by atoms with Gasteiger partial charge in [0.15, 0.2) is 11.6 Å². The van der Waals surface area contributed by atoms with Crippen molar-refractivity contribution in [3.63, 3.8) is 0 Å². The van der Waals surface area contributed by atoms with Crippen LogP contribution in [-0.4, -0.2) is 27.7 Å². The summed E-state index contributed by atoms with van der Waals surface area (Å²) in [7, 11) is 0. The summed E-state index contributed by atoms with van der Waals surface area (Å²) >= 11 is 0. The molecule has 0 fully saturated rings. The minimum absolute atomic E-state index is 0.0118. The van der Waals surface area contributed by atoms with Crippen LogP contribution in [0.5, 0.6) is 0 Å². The number of carbonyl (C=O) groups excluding carboxylic acids is 1. The molecule has 1 aliphatic rings. The molecule has 100 valence electrons. The first kappa shape index (κ1) is 13.1. The zero-order chi connectivity index (χ0) is 14.0. The van der Waals surface area contributed by atoms with Crippen molar-refractivity contribution in [2.75, 3.05) is 0 Å². The highest BCUT2D eigenvalue weighted by atomic mass is 19.2. The highest BCUT2D eigenvalue weighted by Crippen LogP contribution is 2.17. The van der Waals surface area contributed by atoms with Crippen molar-refractivity contribution in [1.29, 1.82) is 0 Å². The first-order chi connectivity index (χ1) is 8.99. The molecule has 0 aliphatic carbocycles. The average molecular weight is 268 g/mol. The van der Waals surface area contributed by atoms with Gasteiger partial charge in [-0.2, -0.15) is 5.10 Å². The van der Waals surface area contributed by atoms with Crippen molar-refractivity contribution >= 4 is 17.6 Å². The molecule has 0 bridgehead atoms. The first-order valence-corrected chi connectivity index (χ1v) is 5.53. The van der Waals surface area contributed by atoms with Crippen molar-refractivity contribution in [2.24, 2.45) is 5.10 Å². The summed E-state index contributed by atoms with van der Waals surface area (Å²) in [4.78, 5) is 22.3. The van der Waals surface area contributed by atoms with Gasteiger partial charge in [0, 0.05) is 18.4 Å². The van der Waals surface area contributed by atoms with Crippen molar-refractivity contribution in [3.8, 4) is 0 Å². The van der Waals surface area contributed by atoms with Crippen LogP contribution in [0.2, 0.25) is 0 Å². The SMILES string of the molecule is O=C(O)C1=NN(Cc2cccc(F)c2F)C(=O)CC1. The van der Waals surface area contributed by atoms with Crippen LogP contribution in [0.15, 0.2) is 23.3 Å². The van der Waals surface area contributed by atoms with E-state index in [0.29, 0.717) is 0 Å². The molecule has 5 nitrogen and oxygen atoms in total. The molecule has 0 unspecified atom stereocenters. The summed E-state index contributed by atoms with van der Waals surface area (Å²) < 4.78 is 26.5. The predicted molar refractivity (Wildman–Crippen MR) is 61.2 cm³/mol. The second-order valence-electron chi connectivity index (χ2n) is 4.02. The van der Waals surface area contributed by atoms with E-state index in [1.807, 2.05) is 0 Å². The van der Waals surface area contributed by atoms with Gasteiger partial charge in [-0.05, 0) is 6.07 Å². The summed E-state index contributed by atoms with van der Waals surface area (Å²) in [5.41, 5.74) is -0.222. The molecule has 1 aliphatic heterocycles. The Balaban J connectivity index is 2.26. The second kappa shape index (κ2) is 5.13. The largest absolute Gasteiger partial charge is 0.477 e. The number of hydrazone groups is 1. The van der Waals surface area contributed by atoms with Crippen molar-refractivity contribution in [3.05, 3.63) is 35.4 Å². The topological polar surface area (TPSA) is 70.0 Å². The molecular weight excluding hydrogens is 258 g/mol.